The van der Waals surface area contributed by atoms with Gasteiger partial charge in [-0.15, -0.1) is 11.3 Å². The number of thiazole rings is 1. The molecular weight excluding hydrogens is 264 g/mol. The monoisotopic (exact) mass is 282 g/mol. The molecule has 1 aliphatic carbocycles. The van der Waals surface area contributed by atoms with Gasteiger partial charge in [0.1, 0.15) is 5.01 Å². The van der Waals surface area contributed by atoms with Gasteiger partial charge in [0.2, 0.25) is 5.91 Å². The number of hydrogen-bond donors (Lipinski definition) is 2. The summed E-state index contributed by atoms with van der Waals surface area (Å²) in [7, 11) is 0. The van der Waals surface area contributed by atoms with Crippen LogP contribution in [0.3, 0.4) is 0 Å². The molecule has 0 saturated heterocycles. The maximum atomic E-state index is 12.1. The highest BCUT2D eigenvalue weighted by Gasteiger charge is 2.49. The van der Waals surface area contributed by atoms with Crippen LogP contribution in [0.1, 0.15) is 37.4 Å². The highest BCUT2D eigenvalue weighted by Crippen LogP contribution is 2.40. The molecule has 0 radical (unpaired) electrons. The number of carbonyl (C=O) groups excluding carboxylic acids is 1. The van der Waals surface area contributed by atoms with Crippen LogP contribution in [0.4, 0.5) is 0 Å². The fraction of sp³-hybridized carbons (Fsp3) is 0.615. The summed E-state index contributed by atoms with van der Waals surface area (Å²) in [5, 5.41) is 14.6. The standard InChI is InChI=1S/C13H18N2O3S/c1-4-13(3,12-14-7(2)6-19-12)15-10(16)8-5-9(8)11(17)18/h6,8-9H,4-5H2,1-3H3,(H,15,16)(H,17,18)/t8-,9+,13+/m1/s1. The summed E-state index contributed by atoms with van der Waals surface area (Å²) in [5.74, 6) is -1.96. The first-order valence-electron chi connectivity index (χ1n) is 6.35. The molecule has 1 heterocycles. The van der Waals surface area contributed by atoms with Crippen molar-refractivity contribution in [2.45, 2.75) is 39.2 Å². The van der Waals surface area contributed by atoms with Crippen molar-refractivity contribution in [3.8, 4) is 0 Å². The van der Waals surface area contributed by atoms with Crippen LogP contribution in [0.15, 0.2) is 5.38 Å². The number of nitrogens with zero attached hydrogens (tertiary/aromatic N) is 1. The van der Waals surface area contributed by atoms with Crippen LogP contribution in [0.5, 0.6) is 0 Å². The summed E-state index contributed by atoms with van der Waals surface area (Å²) in [5.41, 5.74) is 0.422. The summed E-state index contributed by atoms with van der Waals surface area (Å²) < 4.78 is 0. The van der Waals surface area contributed by atoms with E-state index in [4.69, 9.17) is 5.11 Å². The van der Waals surface area contributed by atoms with Gasteiger partial charge in [-0.05, 0) is 26.7 Å². The lowest BCUT2D eigenvalue weighted by atomic mass is 9.99. The summed E-state index contributed by atoms with van der Waals surface area (Å²) in [6.07, 6.45) is 1.16. The van der Waals surface area contributed by atoms with Crippen LogP contribution < -0.4 is 5.32 Å². The molecule has 1 aromatic heterocycles. The zero-order valence-electron chi connectivity index (χ0n) is 11.3. The van der Waals surface area contributed by atoms with E-state index in [2.05, 4.69) is 10.3 Å². The number of hydrogen-bond acceptors (Lipinski definition) is 4. The van der Waals surface area contributed by atoms with Gasteiger partial charge in [0.05, 0.1) is 17.4 Å². The Morgan fingerprint density at radius 3 is 2.68 bits per heavy atom. The van der Waals surface area contributed by atoms with Crippen molar-refractivity contribution in [3.05, 3.63) is 16.1 Å². The van der Waals surface area contributed by atoms with Crippen LogP contribution in [0.25, 0.3) is 0 Å². The van der Waals surface area contributed by atoms with Crippen LogP contribution in [-0.4, -0.2) is 22.0 Å². The largest absolute Gasteiger partial charge is 0.481 e. The van der Waals surface area contributed by atoms with Gasteiger partial charge in [0, 0.05) is 11.1 Å². The number of amides is 1. The lowest BCUT2D eigenvalue weighted by Gasteiger charge is -2.27. The summed E-state index contributed by atoms with van der Waals surface area (Å²) in [4.78, 5) is 27.3. The van der Waals surface area contributed by atoms with E-state index in [9.17, 15) is 9.59 Å². The van der Waals surface area contributed by atoms with Crippen LogP contribution >= 0.6 is 11.3 Å². The summed E-state index contributed by atoms with van der Waals surface area (Å²) in [6.45, 7) is 5.83. The number of aryl methyl sites for hydroxylation is 1. The molecule has 1 amide bonds. The van der Waals surface area contributed by atoms with E-state index in [0.717, 1.165) is 17.1 Å². The molecule has 2 N–H and O–H groups in total. The third-order valence-electron chi connectivity index (χ3n) is 3.64. The van der Waals surface area contributed by atoms with Gasteiger partial charge in [0.15, 0.2) is 0 Å². The molecule has 2 rings (SSSR count). The van der Waals surface area contributed by atoms with Crippen molar-refractivity contribution in [1.82, 2.24) is 10.3 Å². The molecule has 1 saturated carbocycles. The second-order valence-electron chi connectivity index (χ2n) is 5.26. The first kappa shape index (κ1) is 14.0. The van der Waals surface area contributed by atoms with Crippen LogP contribution in [0, 0.1) is 18.8 Å². The van der Waals surface area contributed by atoms with Crippen molar-refractivity contribution in [1.29, 1.82) is 0 Å². The molecule has 6 heteroatoms. The number of carbonyl (C=O) groups is 2. The van der Waals surface area contributed by atoms with Crippen molar-refractivity contribution in [3.63, 3.8) is 0 Å². The van der Waals surface area contributed by atoms with Gasteiger partial charge < -0.3 is 10.4 Å². The fourth-order valence-electron chi connectivity index (χ4n) is 2.02. The molecule has 1 fully saturated rings. The first-order valence-corrected chi connectivity index (χ1v) is 7.23. The number of nitrogens with one attached hydrogen (secondary N) is 1. The Kier molecular flexibility index (Phi) is 3.62. The molecular formula is C13H18N2O3S. The zero-order chi connectivity index (χ0) is 14.2. The quantitative estimate of drug-likeness (QED) is 0.864. The van der Waals surface area contributed by atoms with Gasteiger partial charge in [-0.1, -0.05) is 6.92 Å². The Bertz CT molecular complexity index is 514. The predicted octanol–water partition coefficient (Wildman–Crippen LogP) is 1.91. The Hall–Kier alpha value is -1.43. The summed E-state index contributed by atoms with van der Waals surface area (Å²) in [6, 6.07) is 0. The smallest absolute Gasteiger partial charge is 0.307 e. The number of rotatable bonds is 5. The lowest BCUT2D eigenvalue weighted by Crippen LogP contribution is -2.44. The third kappa shape index (κ3) is 2.78. The Morgan fingerprint density at radius 2 is 2.26 bits per heavy atom. The van der Waals surface area contributed by atoms with Crippen molar-refractivity contribution >= 4 is 23.2 Å². The van der Waals surface area contributed by atoms with E-state index in [-0.39, 0.29) is 11.8 Å². The predicted molar refractivity (Wildman–Crippen MR) is 71.9 cm³/mol. The average molecular weight is 282 g/mol. The minimum absolute atomic E-state index is 0.176. The normalized spacial score (nSPS) is 24.6. The van der Waals surface area contributed by atoms with Crippen molar-refractivity contribution < 1.29 is 14.7 Å². The van der Waals surface area contributed by atoms with Gasteiger partial charge in [-0.3, -0.25) is 9.59 Å². The molecule has 0 bridgehead atoms. The van der Waals surface area contributed by atoms with E-state index in [1.807, 2.05) is 26.2 Å². The van der Waals surface area contributed by atoms with Crippen LogP contribution in [-0.2, 0) is 15.1 Å². The molecule has 5 nitrogen and oxygen atoms in total. The zero-order valence-corrected chi connectivity index (χ0v) is 12.1. The lowest BCUT2D eigenvalue weighted by molar-refractivity contribution is -0.140. The second kappa shape index (κ2) is 4.92. The first-order chi connectivity index (χ1) is 8.87. The molecule has 19 heavy (non-hydrogen) atoms. The van der Waals surface area contributed by atoms with Crippen LogP contribution in [0.2, 0.25) is 0 Å². The number of aromatic nitrogens is 1. The molecule has 0 spiro atoms. The average Bonchev–Trinajstić information content (AvgIpc) is 3.05. The molecule has 0 aromatic carbocycles. The van der Waals surface area contributed by atoms with Gasteiger partial charge in [0.25, 0.3) is 0 Å². The third-order valence-corrected chi connectivity index (χ3v) is 4.87. The SMILES string of the molecule is CC[C@](C)(NC(=O)[C@@H]1C[C@@H]1C(=O)O)c1nc(C)cs1. The van der Waals surface area contributed by atoms with Gasteiger partial charge in [-0.2, -0.15) is 0 Å². The number of aliphatic carboxylic acids is 1. The van der Waals surface area contributed by atoms with E-state index in [1.54, 1.807) is 0 Å². The van der Waals surface area contributed by atoms with E-state index in [1.165, 1.54) is 11.3 Å². The van der Waals surface area contributed by atoms with Crippen molar-refractivity contribution in [2.24, 2.45) is 11.8 Å². The Balaban J connectivity index is 2.07. The molecule has 0 unspecified atom stereocenters. The highest BCUT2D eigenvalue weighted by molar-refractivity contribution is 7.09. The van der Waals surface area contributed by atoms with Gasteiger partial charge in [-0.25, -0.2) is 4.98 Å². The maximum Gasteiger partial charge on any atom is 0.307 e. The number of carboxylic acid groups (broad SMARTS) is 1. The van der Waals surface area contributed by atoms with E-state index >= 15 is 0 Å². The minimum atomic E-state index is -0.886. The fourth-order valence-corrected chi connectivity index (χ4v) is 3.01. The van der Waals surface area contributed by atoms with Gasteiger partial charge >= 0.3 is 5.97 Å². The second-order valence-corrected chi connectivity index (χ2v) is 6.11. The van der Waals surface area contributed by atoms with E-state index < -0.39 is 17.4 Å². The Labute approximate surface area is 116 Å². The summed E-state index contributed by atoms with van der Waals surface area (Å²) >= 11 is 1.52. The van der Waals surface area contributed by atoms with E-state index in [0.29, 0.717) is 6.42 Å². The highest BCUT2D eigenvalue weighted by atomic mass is 32.1. The molecule has 3 atom stereocenters. The topological polar surface area (TPSA) is 79.3 Å². The maximum absolute atomic E-state index is 12.1. The molecule has 104 valence electrons. The molecule has 1 aliphatic rings. The van der Waals surface area contributed by atoms with Crippen molar-refractivity contribution in [2.75, 3.05) is 0 Å². The number of carboxylic acids is 1. The Morgan fingerprint density at radius 1 is 1.58 bits per heavy atom. The molecule has 1 aromatic rings. The minimum Gasteiger partial charge on any atom is -0.481 e. The molecule has 0 aliphatic heterocycles.